The molecular formula is C13H6BrF2NO. The van der Waals surface area contributed by atoms with Gasteiger partial charge in [0.05, 0.1) is 16.1 Å². The summed E-state index contributed by atoms with van der Waals surface area (Å²) in [5, 5.41) is 8.70. The average Bonchev–Trinajstić information content (AvgIpc) is 2.34. The van der Waals surface area contributed by atoms with Gasteiger partial charge in [-0.25, -0.2) is 8.78 Å². The molecule has 0 saturated heterocycles. The SMILES string of the molecule is N#Cc1ccc(Oc2ccc(F)cc2F)c(Br)c1. The lowest BCUT2D eigenvalue weighted by Gasteiger charge is -2.08. The van der Waals surface area contributed by atoms with Crippen LogP contribution in [-0.4, -0.2) is 0 Å². The van der Waals surface area contributed by atoms with Crippen molar-refractivity contribution in [3.05, 3.63) is 58.1 Å². The van der Waals surface area contributed by atoms with Crippen molar-refractivity contribution in [1.82, 2.24) is 0 Å². The molecule has 0 aliphatic rings. The molecule has 0 radical (unpaired) electrons. The van der Waals surface area contributed by atoms with Gasteiger partial charge in [-0.15, -0.1) is 0 Å². The van der Waals surface area contributed by atoms with Crippen molar-refractivity contribution in [2.24, 2.45) is 0 Å². The third-order valence-corrected chi connectivity index (χ3v) is 2.79. The van der Waals surface area contributed by atoms with Crippen LogP contribution in [0.5, 0.6) is 11.5 Å². The standard InChI is InChI=1S/C13H6BrF2NO/c14-10-5-8(7-17)1-3-12(10)18-13-4-2-9(15)6-11(13)16/h1-6H. The molecule has 0 bridgehead atoms. The Morgan fingerprint density at radius 2 is 1.78 bits per heavy atom. The summed E-state index contributed by atoms with van der Waals surface area (Å²) in [6.07, 6.45) is 0. The van der Waals surface area contributed by atoms with E-state index in [2.05, 4.69) is 15.9 Å². The van der Waals surface area contributed by atoms with E-state index >= 15 is 0 Å². The lowest BCUT2D eigenvalue weighted by atomic mass is 10.2. The summed E-state index contributed by atoms with van der Waals surface area (Å²) < 4.78 is 31.9. The molecule has 90 valence electrons. The number of halogens is 3. The second-order valence-corrected chi connectivity index (χ2v) is 4.29. The molecule has 2 nitrogen and oxygen atoms in total. The zero-order chi connectivity index (χ0) is 13.1. The predicted octanol–water partition coefficient (Wildman–Crippen LogP) is 4.39. The number of nitrogens with zero attached hydrogens (tertiary/aromatic N) is 1. The van der Waals surface area contributed by atoms with Gasteiger partial charge in [0, 0.05) is 6.07 Å². The highest BCUT2D eigenvalue weighted by Gasteiger charge is 2.09. The lowest BCUT2D eigenvalue weighted by Crippen LogP contribution is -1.90. The van der Waals surface area contributed by atoms with Gasteiger partial charge in [0.25, 0.3) is 0 Å². The Hall–Kier alpha value is -1.93. The number of ether oxygens (including phenoxy) is 1. The second-order valence-electron chi connectivity index (χ2n) is 3.43. The first-order valence-corrected chi connectivity index (χ1v) is 5.72. The monoisotopic (exact) mass is 309 g/mol. The van der Waals surface area contributed by atoms with Crippen LogP contribution in [0, 0.1) is 23.0 Å². The molecule has 18 heavy (non-hydrogen) atoms. The minimum Gasteiger partial charge on any atom is -0.453 e. The molecule has 5 heteroatoms. The van der Waals surface area contributed by atoms with Crippen LogP contribution in [0.1, 0.15) is 5.56 Å². The quantitative estimate of drug-likeness (QED) is 0.824. The van der Waals surface area contributed by atoms with Crippen molar-refractivity contribution in [1.29, 1.82) is 5.26 Å². The summed E-state index contributed by atoms with van der Waals surface area (Å²) in [4.78, 5) is 0. The second kappa shape index (κ2) is 5.15. The van der Waals surface area contributed by atoms with Crippen molar-refractivity contribution in [3.8, 4) is 17.6 Å². The van der Waals surface area contributed by atoms with Crippen LogP contribution in [0.2, 0.25) is 0 Å². The minimum atomic E-state index is -0.786. The molecule has 0 saturated carbocycles. The van der Waals surface area contributed by atoms with Crippen molar-refractivity contribution >= 4 is 15.9 Å². The smallest absolute Gasteiger partial charge is 0.168 e. The van der Waals surface area contributed by atoms with Gasteiger partial charge in [0.1, 0.15) is 11.6 Å². The van der Waals surface area contributed by atoms with Gasteiger partial charge in [0.2, 0.25) is 0 Å². The number of benzene rings is 2. The van der Waals surface area contributed by atoms with E-state index in [0.29, 0.717) is 15.8 Å². The molecule has 0 aliphatic heterocycles. The van der Waals surface area contributed by atoms with Crippen molar-refractivity contribution in [2.45, 2.75) is 0 Å². The van der Waals surface area contributed by atoms with Crippen LogP contribution in [0.25, 0.3) is 0 Å². The first-order valence-electron chi connectivity index (χ1n) is 4.92. The van der Waals surface area contributed by atoms with E-state index in [4.69, 9.17) is 10.00 Å². The Balaban J connectivity index is 2.32. The summed E-state index contributed by atoms with van der Waals surface area (Å²) in [6.45, 7) is 0. The van der Waals surface area contributed by atoms with Gasteiger partial charge in [0.15, 0.2) is 11.6 Å². The molecular weight excluding hydrogens is 304 g/mol. The fourth-order valence-electron chi connectivity index (χ4n) is 1.33. The molecule has 2 aromatic carbocycles. The topological polar surface area (TPSA) is 33.0 Å². The molecule has 0 amide bonds. The molecule has 0 N–H and O–H groups in total. The summed E-state index contributed by atoms with van der Waals surface area (Å²) in [7, 11) is 0. The first-order chi connectivity index (χ1) is 8.60. The highest BCUT2D eigenvalue weighted by atomic mass is 79.9. The van der Waals surface area contributed by atoms with Crippen molar-refractivity contribution < 1.29 is 13.5 Å². The van der Waals surface area contributed by atoms with E-state index in [1.807, 2.05) is 6.07 Å². The van der Waals surface area contributed by atoms with E-state index in [1.54, 1.807) is 12.1 Å². The van der Waals surface area contributed by atoms with Crippen LogP contribution in [0.15, 0.2) is 40.9 Å². The van der Waals surface area contributed by atoms with Crippen molar-refractivity contribution in [3.63, 3.8) is 0 Å². The number of nitriles is 1. The first kappa shape index (κ1) is 12.5. The van der Waals surface area contributed by atoms with Crippen LogP contribution in [-0.2, 0) is 0 Å². The Bertz CT molecular complexity index is 637. The Kier molecular flexibility index (Phi) is 3.58. The Morgan fingerprint density at radius 3 is 2.39 bits per heavy atom. The van der Waals surface area contributed by atoms with Crippen LogP contribution in [0.3, 0.4) is 0 Å². The molecule has 0 heterocycles. The van der Waals surface area contributed by atoms with Crippen LogP contribution in [0.4, 0.5) is 8.78 Å². The van der Waals surface area contributed by atoms with E-state index in [1.165, 1.54) is 12.1 Å². The normalized spacial score (nSPS) is 9.89. The van der Waals surface area contributed by atoms with Gasteiger partial charge >= 0.3 is 0 Å². The highest BCUT2D eigenvalue weighted by molar-refractivity contribution is 9.10. The average molecular weight is 310 g/mol. The molecule has 2 aromatic rings. The van der Waals surface area contributed by atoms with E-state index in [9.17, 15) is 8.78 Å². The number of rotatable bonds is 2. The summed E-state index contributed by atoms with van der Waals surface area (Å²) >= 11 is 3.21. The number of hydrogen-bond acceptors (Lipinski definition) is 2. The van der Waals surface area contributed by atoms with Gasteiger partial charge in [-0.2, -0.15) is 5.26 Å². The van der Waals surface area contributed by atoms with Gasteiger partial charge < -0.3 is 4.74 Å². The van der Waals surface area contributed by atoms with Gasteiger partial charge in [-0.3, -0.25) is 0 Å². The molecule has 2 rings (SSSR count). The summed E-state index contributed by atoms with van der Waals surface area (Å²) in [6, 6.07) is 9.65. The zero-order valence-electron chi connectivity index (χ0n) is 8.95. The molecule has 0 fully saturated rings. The third kappa shape index (κ3) is 2.66. The van der Waals surface area contributed by atoms with Crippen LogP contribution < -0.4 is 4.74 Å². The fraction of sp³-hybridized carbons (Fsp3) is 0. The predicted molar refractivity (Wildman–Crippen MR) is 65.3 cm³/mol. The summed E-state index contributed by atoms with van der Waals surface area (Å²) in [5.74, 6) is -1.19. The summed E-state index contributed by atoms with van der Waals surface area (Å²) in [5.41, 5.74) is 0.453. The Morgan fingerprint density at radius 1 is 1.06 bits per heavy atom. The van der Waals surface area contributed by atoms with E-state index in [-0.39, 0.29) is 5.75 Å². The largest absolute Gasteiger partial charge is 0.453 e. The maximum Gasteiger partial charge on any atom is 0.168 e. The zero-order valence-corrected chi connectivity index (χ0v) is 10.5. The molecule has 0 spiro atoms. The van der Waals surface area contributed by atoms with Crippen molar-refractivity contribution in [2.75, 3.05) is 0 Å². The number of hydrogen-bond donors (Lipinski definition) is 0. The molecule has 0 atom stereocenters. The van der Waals surface area contributed by atoms with Crippen LogP contribution >= 0.6 is 15.9 Å². The van der Waals surface area contributed by atoms with Gasteiger partial charge in [-0.1, -0.05) is 0 Å². The third-order valence-electron chi connectivity index (χ3n) is 2.17. The van der Waals surface area contributed by atoms with E-state index in [0.717, 1.165) is 12.1 Å². The fourth-order valence-corrected chi connectivity index (χ4v) is 1.79. The van der Waals surface area contributed by atoms with Gasteiger partial charge in [-0.05, 0) is 46.3 Å². The molecule has 0 unspecified atom stereocenters. The Labute approximate surface area is 111 Å². The maximum atomic E-state index is 13.4. The van der Waals surface area contributed by atoms with E-state index < -0.39 is 11.6 Å². The molecule has 0 aliphatic carbocycles. The minimum absolute atomic E-state index is 0.0817. The highest BCUT2D eigenvalue weighted by Crippen LogP contribution is 2.31. The maximum absolute atomic E-state index is 13.4. The molecule has 0 aromatic heterocycles. The lowest BCUT2D eigenvalue weighted by molar-refractivity contribution is 0.435.